The van der Waals surface area contributed by atoms with Crippen molar-refractivity contribution < 1.29 is 18.3 Å². The Bertz CT molecular complexity index is 669. The van der Waals surface area contributed by atoms with E-state index in [0.29, 0.717) is 0 Å². The van der Waals surface area contributed by atoms with Gasteiger partial charge in [0.2, 0.25) is 0 Å². The van der Waals surface area contributed by atoms with Crippen LogP contribution >= 0.6 is 0 Å². The lowest BCUT2D eigenvalue weighted by Gasteiger charge is -2.37. The van der Waals surface area contributed by atoms with Gasteiger partial charge in [-0.3, -0.25) is 0 Å². The molecule has 0 unspecified atom stereocenters. The molecule has 0 aromatic heterocycles. The lowest BCUT2D eigenvalue weighted by Crippen LogP contribution is -2.29. The zero-order valence-electron chi connectivity index (χ0n) is 16.8. The highest BCUT2D eigenvalue weighted by Crippen LogP contribution is 2.41. The third kappa shape index (κ3) is 5.65. The Kier molecular flexibility index (Phi) is 7.64. The summed E-state index contributed by atoms with van der Waals surface area (Å²) < 4.78 is 31.9. The second kappa shape index (κ2) is 10.2. The van der Waals surface area contributed by atoms with Crippen LogP contribution in [0.15, 0.2) is 30.4 Å². The van der Waals surface area contributed by atoms with Gasteiger partial charge in [0.15, 0.2) is 11.6 Å². The molecule has 0 aliphatic heterocycles. The van der Waals surface area contributed by atoms with Crippen molar-refractivity contribution in [2.24, 2.45) is 17.8 Å². The fraction of sp³-hybridized carbons (Fsp3) is 0.625. The summed E-state index contributed by atoms with van der Waals surface area (Å²) in [4.78, 5) is 12.2. The van der Waals surface area contributed by atoms with Crippen molar-refractivity contribution in [3.8, 4) is 0 Å². The molecule has 28 heavy (non-hydrogen) atoms. The molecule has 0 amide bonds. The molecule has 1 aromatic carbocycles. The second-order valence-electron chi connectivity index (χ2n) is 8.46. The number of rotatable bonds is 6. The highest BCUT2D eigenvalue weighted by atomic mass is 19.2. The Labute approximate surface area is 167 Å². The molecule has 2 saturated carbocycles. The highest BCUT2D eigenvalue weighted by Gasteiger charge is 2.31. The molecule has 2 nitrogen and oxygen atoms in total. The first-order valence-corrected chi connectivity index (χ1v) is 10.9. The van der Waals surface area contributed by atoms with Crippen molar-refractivity contribution >= 4 is 5.97 Å². The third-order valence-corrected chi connectivity index (χ3v) is 6.49. The lowest BCUT2D eigenvalue weighted by atomic mass is 9.70. The Morgan fingerprint density at radius 2 is 1.64 bits per heavy atom. The summed E-state index contributed by atoms with van der Waals surface area (Å²) in [6, 6.07) is 3.16. The molecule has 0 heterocycles. The first-order valence-electron chi connectivity index (χ1n) is 10.9. The minimum Gasteiger partial charge on any atom is -0.459 e. The van der Waals surface area contributed by atoms with E-state index in [-0.39, 0.29) is 11.7 Å². The molecule has 0 spiro atoms. The molecule has 0 bridgehead atoms. The molecule has 3 rings (SSSR count). The first-order chi connectivity index (χ1) is 13.6. The maximum Gasteiger partial charge on any atom is 0.338 e. The highest BCUT2D eigenvalue weighted by molar-refractivity contribution is 5.89. The van der Waals surface area contributed by atoms with Gasteiger partial charge in [0.05, 0.1) is 5.56 Å². The summed E-state index contributed by atoms with van der Waals surface area (Å²) in [5.74, 6) is -0.221. The predicted octanol–water partition coefficient (Wildman–Crippen LogP) is 6.84. The molecule has 2 aliphatic carbocycles. The van der Waals surface area contributed by atoms with Gasteiger partial charge in [-0.05, 0) is 93.7 Å². The molecule has 154 valence electrons. The van der Waals surface area contributed by atoms with Crippen LogP contribution in [0.25, 0.3) is 0 Å². The van der Waals surface area contributed by atoms with Gasteiger partial charge in [0.1, 0.15) is 6.10 Å². The van der Waals surface area contributed by atoms with Crippen LogP contribution in [-0.4, -0.2) is 12.1 Å². The zero-order chi connectivity index (χ0) is 19.9. The normalized spacial score (nSPS) is 28.4. The minimum atomic E-state index is -1.02. The molecule has 0 radical (unpaired) electrons. The molecule has 0 atom stereocenters. The van der Waals surface area contributed by atoms with Crippen LogP contribution in [0.3, 0.4) is 0 Å². The van der Waals surface area contributed by atoms with Crippen molar-refractivity contribution in [1.29, 1.82) is 0 Å². The van der Waals surface area contributed by atoms with Gasteiger partial charge >= 0.3 is 5.97 Å². The van der Waals surface area contributed by atoms with Gasteiger partial charge < -0.3 is 4.74 Å². The summed E-state index contributed by atoms with van der Waals surface area (Å²) in [6.45, 7) is 2.22. The van der Waals surface area contributed by atoms with Crippen LogP contribution in [0.2, 0.25) is 0 Å². The fourth-order valence-electron chi connectivity index (χ4n) is 4.78. The molecule has 0 saturated heterocycles. The number of benzene rings is 1. The summed E-state index contributed by atoms with van der Waals surface area (Å²) >= 11 is 0. The average molecular weight is 391 g/mol. The number of ether oxygens (including phenoxy) is 1. The van der Waals surface area contributed by atoms with Crippen LogP contribution in [0.5, 0.6) is 0 Å². The smallest absolute Gasteiger partial charge is 0.338 e. The summed E-state index contributed by atoms with van der Waals surface area (Å²) in [5.41, 5.74) is 0.0791. The minimum absolute atomic E-state index is 0.0791. The van der Waals surface area contributed by atoms with E-state index in [2.05, 4.69) is 19.1 Å². The van der Waals surface area contributed by atoms with Crippen LogP contribution in [-0.2, 0) is 4.74 Å². The van der Waals surface area contributed by atoms with Crippen LogP contribution in [0, 0.1) is 29.4 Å². The van der Waals surface area contributed by atoms with Crippen LogP contribution in [0.1, 0.15) is 81.5 Å². The van der Waals surface area contributed by atoms with Gasteiger partial charge in [0.25, 0.3) is 0 Å². The Morgan fingerprint density at radius 3 is 2.25 bits per heavy atom. The number of allylic oxidation sites excluding steroid dienone is 2. The number of carbonyl (C=O) groups is 1. The van der Waals surface area contributed by atoms with Crippen molar-refractivity contribution in [3.05, 3.63) is 47.5 Å². The third-order valence-electron chi connectivity index (χ3n) is 6.49. The zero-order valence-corrected chi connectivity index (χ0v) is 16.8. The number of hydrogen-bond acceptors (Lipinski definition) is 2. The van der Waals surface area contributed by atoms with Gasteiger partial charge in [-0.2, -0.15) is 0 Å². The topological polar surface area (TPSA) is 26.3 Å². The standard InChI is InChI=1S/C24H32F2O2/c1-2-3-4-5-17-6-8-18(9-7-17)19-10-13-21(14-11-19)28-24(27)20-12-15-22(25)23(26)16-20/h4-5,12,15-19,21H,2-3,6-11,13-14H2,1H3/b5-4+/t17-,18-,19?,21?. The van der Waals surface area contributed by atoms with E-state index in [1.165, 1.54) is 44.6 Å². The van der Waals surface area contributed by atoms with E-state index in [1.54, 1.807) is 0 Å². The molecule has 0 N–H and O–H groups in total. The maximum absolute atomic E-state index is 13.3. The maximum atomic E-state index is 13.3. The van der Waals surface area contributed by atoms with E-state index >= 15 is 0 Å². The Morgan fingerprint density at radius 1 is 1.00 bits per heavy atom. The summed E-state index contributed by atoms with van der Waals surface area (Å²) in [7, 11) is 0. The average Bonchev–Trinajstić information content (AvgIpc) is 2.71. The Balaban J connectivity index is 1.41. The SMILES string of the molecule is CCC/C=C/[C@H]1CC[C@H](C2CCC(OC(=O)c3ccc(F)c(F)c3)CC2)CC1. The lowest BCUT2D eigenvalue weighted by molar-refractivity contribution is 0.0113. The van der Waals surface area contributed by atoms with Crippen molar-refractivity contribution in [2.45, 2.75) is 77.2 Å². The van der Waals surface area contributed by atoms with Gasteiger partial charge in [-0.1, -0.05) is 25.5 Å². The van der Waals surface area contributed by atoms with E-state index in [9.17, 15) is 13.6 Å². The van der Waals surface area contributed by atoms with E-state index in [4.69, 9.17) is 4.74 Å². The molecule has 1 aromatic rings. The van der Waals surface area contributed by atoms with Gasteiger partial charge in [0, 0.05) is 0 Å². The fourth-order valence-corrected chi connectivity index (χ4v) is 4.78. The molecule has 4 heteroatoms. The van der Waals surface area contributed by atoms with E-state index < -0.39 is 17.6 Å². The number of halogens is 2. The quantitative estimate of drug-likeness (QED) is 0.392. The summed E-state index contributed by atoms with van der Waals surface area (Å²) in [6.07, 6.45) is 16.2. The monoisotopic (exact) mass is 390 g/mol. The van der Waals surface area contributed by atoms with Crippen molar-refractivity contribution in [1.82, 2.24) is 0 Å². The predicted molar refractivity (Wildman–Crippen MR) is 107 cm³/mol. The van der Waals surface area contributed by atoms with Crippen molar-refractivity contribution in [2.75, 3.05) is 0 Å². The molecule has 2 fully saturated rings. The van der Waals surface area contributed by atoms with Gasteiger partial charge in [-0.25, -0.2) is 13.6 Å². The number of carbonyl (C=O) groups excluding carboxylic acids is 1. The number of hydrogen-bond donors (Lipinski definition) is 0. The molecular weight excluding hydrogens is 358 g/mol. The molecule has 2 aliphatic rings. The number of unbranched alkanes of at least 4 members (excludes halogenated alkanes) is 1. The second-order valence-corrected chi connectivity index (χ2v) is 8.46. The van der Waals surface area contributed by atoms with E-state index in [0.717, 1.165) is 55.6 Å². The van der Waals surface area contributed by atoms with Crippen LogP contribution < -0.4 is 0 Å². The first kappa shape index (κ1) is 21.0. The molecular formula is C24H32F2O2. The Hall–Kier alpha value is -1.71. The van der Waals surface area contributed by atoms with Crippen LogP contribution in [0.4, 0.5) is 8.78 Å². The van der Waals surface area contributed by atoms with E-state index in [1.807, 2.05) is 0 Å². The largest absolute Gasteiger partial charge is 0.459 e. The van der Waals surface area contributed by atoms with Gasteiger partial charge in [-0.15, -0.1) is 0 Å². The van der Waals surface area contributed by atoms with Crippen molar-refractivity contribution in [3.63, 3.8) is 0 Å². The summed E-state index contributed by atoms with van der Waals surface area (Å²) in [5, 5.41) is 0. The number of esters is 1.